The Kier molecular flexibility index (Phi) is 13.1. The van der Waals surface area contributed by atoms with E-state index < -0.39 is 6.10 Å². The molecule has 2 N–H and O–H groups in total. The first-order chi connectivity index (χ1) is 23.1. The zero-order chi connectivity index (χ0) is 32.8. The molecule has 2 unspecified atom stereocenters. The van der Waals surface area contributed by atoms with Crippen LogP contribution in [0.5, 0.6) is 17.2 Å². The van der Waals surface area contributed by atoms with Crippen LogP contribution in [-0.4, -0.2) is 84.1 Å². The van der Waals surface area contributed by atoms with Gasteiger partial charge in [0.15, 0.2) is 0 Å². The maximum absolute atomic E-state index is 10.3. The monoisotopic (exact) mass is 644 g/mol. The van der Waals surface area contributed by atoms with E-state index >= 15 is 0 Å². The molecule has 1 saturated heterocycles. The number of piperidine rings is 1. The van der Waals surface area contributed by atoms with Gasteiger partial charge in [-0.3, -0.25) is 0 Å². The van der Waals surface area contributed by atoms with Gasteiger partial charge in [-0.25, -0.2) is 0 Å². The molecule has 1 aliphatic heterocycles. The number of methoxy groups -OCH3 is 2. The number of hydrogen-bond acceptors (Lipinski definition) is 9. The molecular weight excluding hydrogens is 596 g/mol. The van der Waals surface area contributed by atoms with Crippen LogP contribution in [0, 0.1) is 0 Å². The summed E-state index contributed by atoms with van der Waals surface area (Å²) in [5.74, 6) is 2.50. The number of benzene rings is 4. The minimum absolute atomic E-state index is 0.0561. The summed E-state index contributed by atoms with van der Waals surface area (Å²) in [6.07, 6.45) is 0.817. The van der Waals surface area contributed by atoms with Crippen LogP contribution in [0.2, 0.25) is 0 Å². The molecule has 0 saturated carbocycles. The smallest absolute Gasteiger partial charge is 0.127 e. The third kappa shape index (κ3) is 10.1. The molecule has 5 rings (SSSR count). The zero-order valence-corrected chi connectivity index (χ0v) is 27.7. The summed E-state index contributed by atoms with van der Waals surface area (Å²) in [6.45, 7) is 4.32. The van der Waals surface area contributed by atoms with Gasteiger partial charge in [-0.1, -0.05) is 42.5 Å². The molecule has 0 aliphatic carbocycles. The van der Waals surface area contributed by atoms with E-state index in [1.807, 2.05) is 55.6 Å². The van der Waals surface area contributed by atoms with Crippen molar-refractivity contribution in [3.8, 4) is 17.2 Å². The third-order valence-electron chi connectivity index (χ3n) is 8.28. The lowest BCUT2D eigenvalue weighted by atomic mass is 10.0. The van der Waals surface area contributed by atoms with Crippen molar-refractivity contribution in [3.05, 3.63) is 96.1 Å². The van der Waals surface area contributed by atoms with Gasteiger partial charge in [-0.2, -0.15) is 0 Å². The minimum Gasteiger partial charge on any atom is -0.496 e. The Morgan fingerprint density at radius 1 is 0.830 bits per heavy atom. The predicted molar refractivity (Wildman–Crippen MR) is 185 cm³/mol. The van der Waals surface area contributed by atoms with Gasteiger partial charge in [-0.15, -0.1) is 0 Å². The van der Waals surface area contributed by atoms with Crippen molar-refractivity contribution in [3.63, 3.8) is 0 Å². The van der Waals surface area contributed by atoms with E-state index in [-0.39, 0.29) is 18.8 Å². The van der Waals surface area contributed by atoms with E-state index in [2.05, 4.69) is 46.6 Å². The summed E-state index contributed by atoms with van der Waals surface area (Å²) >= 11 is 0. The first-order valence-electron chi connectivity index (χ1n) is 16.3. The number of aliphatic hydroxyl groups excluding tert-OH is 1. The van der Waals surface area contributed by atoms with E-state index in [0.717, 1.165) is 64.2 Å². The van der Waals surface area contributed by atoms with E-state index in [4.69, 9.17) is 28.4 Å². The van der Waals surface area contributed by atoms with Crippen molar-refractivity contribution in [2.45, 2.75) is 44.4 Å². The summed E-state index contributed by atoms with van der Waals surface area (Å²) in [5.41, 5.74) is 3.17. The molecule has 0 spiro atoms. The van der Waals surface area contributed by atoms with Gasteiger partial charge in [0, 0.05) is 49.1 Å². The number of nitrogens with one attached hydrogen (secondary N) is 1. The van der Waals surface area contributed by atoms with Gasteiger partial charge in [0.1, 0.15) is 17.2 Å². The molecule has 252 valence electrons. The Balaban J connectivity index is 1.15. The topological polar surface area (TPSA) is 90.9 Å². The number of rotatable bonds is 18. The fraction of sp³-hybridized carbons (Fsp3) is 0.421. The number of ether oxygens (including phenoxy) is 6. The van der Waals surface area contributed by atoms with Crippen LogP contribution in [0.25, 0.3) is 10.8 Å². The van der Waals surface area contributed by atoms with Crippen LogP contribution in [-0.2, 0) is 27.4 Å². The summed E-state index contributed by atoms with van der Waals surface area (Å²) in [4.78, 5) is 2.29. The SMILES string of the molecule is CNC[C@@H](O)COC1CC(OCc2cc(OC)c3ccccc3c2)CN(c2ccc(OCCCOCc3ccccc3OC)cc2)C1. The second-order valence-corrected chi connectivity index (χ2v) is 11.8. The molecule has 0 radical (unpaired) electrons. The highest BCUT2D eigenvalue weighted by molar-refractivity contribution is 5.89. The van der Waals surface area contributed by atoms with E-state index in [0.29, 0.717) is 39.5 Å². The number of likely N-dealkylation sites (N-methyl/N-ethyl adjacent to an activating group) is 1. The van der Waals surface area contributed by atoms with Crippen molar-refractivity contribution in [1.29, 1.82) is 0 Å². The van der Waals surface area contributed by atoms with Crippen molar-refractivity contribution in [2.24, 2.45) is 0 Å². The van der Waals surface area contributed by atoms with Crippen LogP contribution >= 0.6 is 0 Å². The van der Waals surface area contributed by atoms with Crippen LogP contribution in [0.3, 0.4) is 0 Å². The van der Waals surface area contributed by atoms with Gasteiger partial charge in [0.25, 0.3) is 0 Å². The number of hydrogen-bond donors (Lipinski definition) is 2. The molecule has 4 aromatic carbocycles. The molecule has 4 aromatic rings. The quantitative estimate of drug-likeness (QED) is 0.134. The molecular formula is C38H48N2O7. The summed E-state index contributed by atoms with van der Waals surface area (Å²) in [5, 5.41) is 15.5. The van der Waals surface area contributed by atoms with Gasteiger partial charge in [0.05, 0.1) is 65.6 Å². The Morgan fingerprint density at radius 2 is 1.57 bits per heavy atom. The van der Waals surface area contributed by atoms with Gasteiger partial charge < -0.3 is 43.7 Å². The number of fused-ring (bicyclic) bond motifs is 1. The molecule has 9 heteroatoms. The lowest BCUT2D eigenvalue weighted by Crippen LogP contribution is -2.48. The average molecular weight is 645 g/mol. The highest BCUT2D eigenvalue weighted by Crippen LogP contribution is 2.30. The summed E-state index contributed by atoms with van der Waals surface area (Å²) in [6, 6.07) is 28.5. The highest BCUT2D eigenvalue weighted by Gasteiger charge is 2.29. The molecule has 9 nitrogen and oxygen atoms in total. The van der Waals surface area contributed by atoms with Crippen LogP contribution in [0.4, 0.5) is 5.69 Å². The molecule has 1 aliphatic rings. The van der Waals surface area contributed by atoms with Crippen LogP contribution in [0.15, 0.2) is 84.9 Å². The average Bonchev–Trinajstić information content (AvgIpc) is 3.11. The molecule has 0 bridgehead atoms. The van der Waals surface area contributed by atoms with Crippen LogP contribution in [0.1, 0.15) is 24.0 Å². The minimum atomic E-state index is -0.567. The lowest BCUT2D eigenvalue weighted by molar-refractivity contribution is -0.0544. The predicted octanol–water partition coefficient (Wildman–Crippen LogP) is 5.60. The Morgan fingerprint density at radius 3 is 2.36 bits per heavy atom. The highest BCUT2D eigenvalue weighted by atomic mass is 16.5. The normalized spacial score (nSPS) is 17.1. The fourth-order valence-corrected chi connectivity index (χ4v) is 5.91. The van der Waals surface area contributed by atoms with E-state index in [1.54, 1.807) is 14.2 Å². The number of para-hydroxylation sites is 1. The van der Waals surface area contributed by atoms with E-state index in [9.17, 15) is 5.11 Å². The summed E-state index contributed by atoms with van der Waals surface area (Å²) in [7, 11) is 5.19. The third-order valence-corrected chi connectivity index (χ3v) is 8.28. The number of anilines is 1. The fourth-order valence-electron chi connectivity index (χ4n) is 5.91. The Labute approximate surface area is 278 Å². The van der Waals surface area contributed by atoms with Crippen molar-refractivity contribution in [1.82, 2.24) is 5.32 Å². The Hall–Kier alpha value is -3.86. The second-order valence-electron chi connectivity index (χ2n) is 11.8. The largest absolute Gasteiger partial charge is 0.496 e. The van der Waals surface area contributed by atoms with Gasteiger partial charge in [0.2, 0.25) is 0 Å². The summed E-state index contributed by atoms with van der Waals surface area (Å²) < 4.78 is 35.6. The molecule has 47 heavy (non-hydrogen) atoms. The molecule has 0 amide bonds. The van der Waals surface area contributed by atoms with Crippen LogP contribution < -0.4 is 24.4 Å². The van der Waals surface area contributed by atoms with Crippen molar-refractivity contribution < 1.29 is 33.5 Å². The molecule has 3 atom stereocenters. The standard InChI is InChI=1S/C38H48N2O7/c1-39-22-32(41)27-47-35-21-34(46-25-28-19-29-9-4-6-11-36(29)38(20-28)43-3)23-40(24-35)31-13-15-33(16-14-31)45-18-8-17-44-26-30-10-5-7-12-37(30)42-2/h4-7,9-16,19-20,32,34-35,39,41H,8,17-18,21-27H2,1-3H3/t32-,34?,35?/m1/s1. The second kappa shape index (κ2) is 17.9. The number of aliphatic hydroxyl groups is 1. The Bertz CT molecular complexity index is 1520. The molecule has 1 fully saturated rings. The van der Waals surface area contributed by atoms with Crippen molar-refractivity contribution >= 4 is 16.5 Å². The molecule has 0 aromatic heterocycles. The maximum atomic E-state index is 10.3. The van der Waals surface area contributed by atoms with Crippen molar-refractivity contribution in [2.75, 3.05) is 65.6 Å². The zero-order valence-electron chi connectivity index (χ0n) is 27.7. The van der Waals surface area contributed by atoms with Gasteiger partial charge >= 0.3 is 0 Å². The first kappa shape index (κ1) is 34.5. The molecule has 1 heterocycles. The van der Waals surface area contributed by atoms with Gasteiger partial charge in [-0.05, 0) is 60.5 Å². The first-order valence-corrected chi connectivity index (χ1v) is 16.3. The van der Waals surface area contributed by atoms with E-state index in [1.165, 1.54) is 0 Å². The number of nitrogens with zero attached hydrogens (tertiary/aromatic N) is 1. The lowest BCUT2D eigenvalue weighted by Gasteiger charge is -2.39. The maximum Gasteiger partial charge on any atom is 0.127 e.